The van der Waals surface area contributed by atoms with Gasteiger partial charge in [-0.25, -0.2) is 0 Å². The topological polar surface area (TPSA) is 40.6 Å². The first kappa shape index (κ1) is 19.0. The van der Waals surface area contributed by atoms with E-state index in [-0.39, 0.29) is 24.2 Å². The molecule has 2 aliphatic rings. The second-order valence-corrected chi connectivity index (χ2v) is 8.22. The van der Waals surface area contributed by atoms with E-state index < -0.39 is 0 Å². The number of piperidine rings is 1. The summed E-state index contributed by atoms with van der Waals surface area (Å²) in [4.78, 5) is 29.1. The molecular weight excluding hydrogens is 372 g/mol. The maximum atomic E-state index is 13.0. The third-order valence-corrected chi connectivity index (χ3v) is 6.23. The molecule has 0 aliphatic carbocycles. The lowest BCUT2D eigenvalue weighted by Crippen LogP contribution is -2.42. The molecule has 146 valence electrons. The molecule has 4 rings (SSSR count). The van der Waals surface area contributed by atoms with Crippen molar-refractivity contribution in [2.24, 2.45) is 11.8 Å². The summed E-state index contributed by atoms with van der Waals surface area (Å²) in [6, 6.07) is 17.9. The molecule has 2 aliphatic heterocycles. The van der Waals surface area contributed by atoms with Gasteiger partial charge in [-0.2, -0.15) is 0 Å². The van der Waals surface area contributed by atoms with Crippen LogP contribution in [0.25, 0.3) is 0 Å². The summed E-state index contributed by atoms with van der Waals surface area (Å²) >= 11 is 6.24. The van der Waals surface area contributed by atoms with Gasteiger partial charge in [0.05, 0.1) is 16.6 Å². The number of rotatable bonds is 4. The van der Waals surface area contributed by atoms with Crippen LogP contribution in [0.2, 0.25) is 5.02 Å². The Morgan fingerprint density at radius 3 is 2.39 bits per heavy atom. The third kappa shape index (κ3) is 4.07. The van der Waals surface area contributed by atoms with Crippen LogP contribution < -0.4 is 4.90 Å². The second kappa shape index (κ2) is 8.36. The van der Waals surface area contributed by atoms with Crippen molar-refractivity contribution < 1.29 is 9.59 Å². The van der Waals surface area contributed by atoms with Crippen LogP contribution in [0, 0.1) is 11.8 Å². The summed E-state index contributed by atoms with van der Waals surface area (Å²) in [5, 5.41) is 0.547. The third-order valence-electron chi connectivity index (χ3n) is 5.91. The van der Waals surface area contributed by atoms with Crippen LogP contribution in [0.3, 0.4) is 0 Å². The molecule has 0 bridgehead atoms. The van der Waals surface area contributed by atoms with Crippen molar-refractivity contribution in [3.05, 3.63) is 65.2 Å². The Labute approximate surface area is 171 Å². The number of hydrogen-bond donors (Lipinski definition) is 0. The molecule has 0 N–H and O–H groups in total. The smallest absolute Gasteiger partial charge is 0.228 e. The monoisotopic (exact) mass is 396 g/mol. The van der Waals surface area contributed by atoms with Crippen LogP contribution in [0.4, 0.5) is 5.69 Å². The van der Waals surface area contributed by atoms with E-state index in [1.807, 2.05) is 29.2 Å². The van der Waals surface area contributed by atoms with E-state index >= 15 is 0 Å². The van der Waals surface area contributed by atoms with Gasteiger partial charge in [-0.15, -0.1) is 0 Å². The van der Waals surface area contributed by atoms with Gasteiger partial charge < -0.3 is 9.80 Å². The lowest BCUT2D eigenvalue weighted by atomic mass is 9.89. The van der Waals surface area contributed by atoms with Gasteiger partial charge in [-0.1, -0.05) is 54.1 Å². The zero-order valence-corrected chi connectivity index (χ0v) is 16.6. The van der Waals surface area contributed by atoms with Crippen molar-refractivity contribution >= 4 is 29.1 Å². The molecule has 2 heterocycles. The van der Waals surface area contributed by atoms with Crippen LogP contribution in [0.15, 0.2) is 54.6 Å². The zero-order valence-electron chi connectivity index (χ0n) is 15.9. The molecule has 0 radical (unpaired) electrons. The number of para-hydroxylation sites is 1. The summed E-state index contributed by atoms with van der Waals surface area (Å²) in [6.07, 6.45) is 3.39. The van der Waals surface area contributed by atoms with Crippen LogP contribution >= 0.6 is 11.6 Å². The number of nitrogens with zero attached hydrogens (tertiary/aromatic N) is 2. The number of amides is 2. The number of benzene rings is 2. The minimum absolute atomic E-state index is 0.0228. The normalized spacial score (nSPS) is 20.6. The molecule has 5 heteroatoms. The van der Waals surface area contributed by atoms with Crippen molar-refractivity contribution in [2.45, 2.75) is 25.7 Å². The van der Waals surface area contributed by atoms with Gasteiger partial charge in [0, 0.05) is 26.1 Å². The molecule has 2 fully saturated rings. The highest BCUT2D eigenvalue weighted by Gasteiger charge is 2.38. The van der Waals surface area contributed by atoms with Crippen molar-refractivity contribution in [3.8, 4) is 0 Å². The summed E-state index contributed by atoms with van der Waals surface area (Å²) in [6.45, 7) is 1.99. The average Bonchev–Trinajstić information content (AvgIpc) is 3.11. The standard InChI is InChI=1S/C23H25ClN2O2/c24-20-8-4-5-9-21(20)26-16-19(15-22(26)27)23(28)25-12-10-18(11-13-25)14-17-6-2-1-3-7-17/h1-9,18-19H,10-16H2. The molecular formula is C23H25ClN2O2. The molecule has 0 saturated carbocycles. The number of carbonyl (C=O) groups is 2. The Kier molecular flexibility index (Phi) is 5.67. The Morgan fingerprint density at radius 2 is 1.68 bits per heavy atom. The first-order valence-corrected chi connectivity index (χ1v) is 10.4. The first-order valence-electron chi connectivity index (χ1n) is 9.99. The minimum atomic E-state index is -0.269. The molecule has 2 aromatic rings. The fraction of sp³-hybridized carbons (Fsp3) is 0.391. The van der Waals surface area contributed by atoms with Gasteiger partial charge in [-0.3, -0.25) is 9.59 Å². The molecule has 1 unspecified atom stereocenters. The predicted molar refractivity (Wildman–Crippen MR) is 111 cm³/mol. The molecule has 2 amide bonds. The van der Waals surface area contributed by atoms with E-state index in [0.717, 1.165) is 32.4 Å². The van der Waals surface area contributed by atoms with Gasteiger partial charge in [-0.05, 0) is 42.9 Å². The van der Waals surface area contributed by atoms with Crippen LogP contribution in [0.1, 0.15) is 24.8 Å². The van der Waals surface area contributed by atoms with Crippen LogP contribution in [-0.2, 0) is 16.0 Å². The van der Waals surface area contributed by atoms with Gasteiger partial charge in [0.1, 0.15) is 0 Å². The van der Waals surface area contributed by atoms with Gasteiger partial charge in [0.25, 0.3) is 0 Å². The van der Waals surface area contributed by atoms with E-state index in [4.69, 9.17) is 11.6 Å². The summed E-state index contributed by atoms with van der Waals surface area (Å²) in [7, 11) is 0. The zero-order chi connectivity index (χ0) is 19.5. The predicted octanol–water partition coefficient (Wildman–Crippen LogP) is 4.17. The number of carbonyl (C=O) groups excluding carboxylic acids is 2. The average molecular weight is 397 g/mol. The molecule has 4 nitrogen and oxygen atoms in total. The highest BCUT2D eigenvalue weighted by molar-refractivity contribution is 6.33. The Morgan fingerprint density at radius 1 is 1.00 bits per heavy atom. The van der Waals surface area contributed by atoms with E-state index in [9.17, 15) is 9.59 Å². The highest BCUT2D eigenvalue weighted by Crippen LogP contribution is 2.32. The second-order valence-electron chi connectivity index (χ2n) is 7.82. The van der Waals surface area contributed by atoms with E-state index in [1.165, 1.54) is 5.56 Å². The Bertz CT molecular complexity index is 847. The molecule has 1 atom stereocenters. The number of hydrogen-bond acceptors (Lipinski definition) is 2. The molecule has 28 heavy (non-hydrogen) atoms. The molecule has 0 spiro atoms. The lowest BCUT2D eigenvalue weighted by Gasteiger charge is -2.33. The first-order chi connectivity index (χ1) is 13.6. The SMILES string of the molecule is O=C(C1CC(=O)N(c2ccccc2Cl)C1)N1CCC(Cc2ccccc2)CC1. The maximum absolute atomic E-state index is 13.0. The quantitative estimate of drug-likeness (QED) is 0.778. The number of likely N-dealkylation sites (tertiary alicyclic amines) is 1. The van der Waals surface area contributed by atoms with E-state index in [0.29, 0.717) is 23.2 Å². The minimum Gasteiger partial charge on any atom is -0.342 e. The lowest BCUT2D eigenvalue weighted by molar-refractivity contribution is -0.137. The molecule has 2 aromatic carbocycles. The highest BCUT2D eigenvalue weighted by atomic mass is 35.5. The number of anilines is 1. The van der Waals surface area contributed by atoms with Crippen molar-refractivity contribution in [1.29, 1.82) is 0 Å². The van der Waals surface area contributed by atoms with E-state index in [1.54, 1.807) is 11.0 Å². The van der Waals surface area contributed by atoms with Crippen molar-refractivity contribution in [2.75, 3.05) is 24.5 Å². The Hall–Kier alpha value is -2.33. The molecule has 0 aromatic heterocycles. The fourth-order valence-electron chi connectivity index (χ4n) is 4.34. The fourth-order valence-corrected chi connectivity index (χ4v) is 4.58. The molecule has 2 saturated heterocycles. The van der Waals surface area contributed by atoms with Gasteiger partial charge in [0.2, 0.25) is 11.8 Å². The van der Waals surface area contributed by atoms with Crippen LogP contribution in [-0.4, -0.2) is 36.3 Å². The maximum Gasteiger partial charge on any atom is 0.228 e. The summed E-state index contributed by atoms with van der Waals surface area (Å²) in [5.74, 6) is 0.442. The van der Waals surface area contributed by atoms with Crippen LogP contribution in [0.5, 0.6) is 0 Å². The summed E-state index contributed by atoms with van der Waals surface area (Å²) in [5.41, 5.74) is 2.06. The van der Waals surface area contributed by atoms with Gasteiger partial charge in [0.15, 0.2) is 0 Å². The number of halogens is 1. The van der Waals surface area contributed by atoms with Crippen molar-refractivity contribution in [3.63, 3.8) is 0 Å². The summed E-state index contributed by atoms with van der Waals surface area (Å²) < 4.78 is 0. The largest absolute Gasteiger partial charge is 0.342 e. The van der Waals surface area contributed by atoms with Crippen molar-refractivity contribution in [1.82, 2.24) is 4.90 Å². The van der Waals surface area contributed by atoms with Gasteiger partial charge >= 0.3 is 0 Å². The Balaban J connectivity index is 1.33. The van der Waals surface area contributed by atoms with E-state index in [2.05, 4.69) is 24.3 Å².